The third-order valence-electron chi connectivity index (χ3n) is 3.77. The number of nitrogens with one attached hydrogen (secondary N) is 1. The Bertz CT molecular complexity index is 419. The Morgan fingerprint density at radius 3 is 2.58 bits per heavy atom. The maximum Gasteiger partial charge on any atom is 0.318 e. The minimum atomic E-state index is -3.22. The van der Waals surface area contributed by atoms with Crippen molar-refractivity contribution in [1.82, 2.24) is 10.2 Å². The van der Waals surface area contributed by atoms with Crippen LogP contribution < -0.4 is 5.32 Å². The van der Waals surface area contributed by atoms with Gasteiger partial charge in [-0.15, -0.1) is 0 Å². The standard InChI is InChI=1S/C12H22N2O3S2/c1-19(16,17)11-9-18-8-7-14(11)12(15)13-10-5-3-2-4-6-10/h10-11H,2-9H2,1H3,(H,13,15). The van der Waals surface area contributed by atoms with Gasteiger partial charge in [-0.05, 0) is 12.8 Å². The van der Waals surface area contributed by atoms with E-state index < -0.39 is 15.2 Å². The molecule has 0 aromatic carbocycles. The Labute approximate surface area is 119 Å². The molecule has 2 amide bonds. The molecule has 1 saturated carbocycles. The lowest BCUT2D eigenvalue weighted by Crippen LogP contribution is -2.55. The first kappa shape index (κ1) is 15.0. The van der Waals surface area contributed by atoms with Crippen LogP contribution in [0.4, 0.5) is 4.79 Å². The number of carbonyl (C=O) groups is 1. The second-order valence-corrected chi connectivity index (χ2v) is 8.69. The number of hydrogen-bond acceptors (Lipinski definition) is 4. The highest BCUT2D eigenvalue weighted by Gasteiger charge is 2.34. The molecule has 7 heteroatoms. The smallest absolute Gasteiger partial charge is 0.318 e. The Kier molecular flexibility index (Phi) is 5.00. The van der Waals surface area contributed by atoms with Gasteiger partial charge in [0.25, 0.3) is 0 Å². The number of amides is 2. The number of thioether (sulfide) groups is 1. The molecule has 1 heterocycles. The van der Waals surface area contributed by atoms with Crippen molar-refractivity contribution >= 4 is 27.6 Å². The lowest BCUT2D eigenvalue weighted by molar-refractivity contribution is 0.188. The number of nitrogens with zero attached hydrogens (tertiary/aromatic N) is 1. The zero-order valence-electron chi connectivity index (χ0n) is 11.3. The fraction of sp³-hybridized carbons (Fsp3) is 0.917. The van der Waals surface area contributed by atoms with Gasteiger partial charge in [-0.1, -0.05) is 19.3 Å². The van der Waals surface area contributed by atoms with Gasteiger partial charge in [0.2, 0.25) is 0 Å². The molecule has 110 valence electrons. The van der Waals surface area contributed by atoms with Crippen LogP contribution >= 0.6 is 11.8 Å². The van der Waals surface area contributed by atoms with Gasteiger partial charge in [-0.25, -0.2) is 13.2 Å². The lowest BCUT2D eigenvalue weighted by Gasteiger charge is -2.35. The second-order valence-electron chi connectivity index (χ2n) is 5.34. The first-order valence-electron chi connectivity index (χ1n) is 6.82. The predicted octanol–water partition coefficient (Wildman–Crippen LogP) is 1.45. The van der Waals surface area contributed by atoms with E-state index in [1.807, 2.05) is 0 Å². The van der Waals surface area contributed by atoms with Crippen LogP contribution in [-0.4, -0.2) is 55.1 Å². The van der Waals surface area contributed by atoms with Crippen molar-refractivity contribution in [3.05, 3.63) is 0 Å². The van der Waals surface area contributed by atoms with Crippen LogP contribution in [0.2, 0.25) is 0 Å². The van der Waals surface area contributed by atoms with Crippen molar-refractivity contribution in [2.24, 2.45) is 0 Å². The van der Waals surface area contributed by atoms with E-state index in [2.05, 4.69) is 5.32 Å². The summed E-state index contributed by atoms with van der Waals surface area (Å²) in [5.41, 5.74) is 0. The first-order valence-corrected chi connectivity index (χ1v) is 9.93. The minimum Gasteiger partial charge on any atom is -0.335 e. The molecule has 1 aliphatic carbocycles. The zero-order valence-corrected chi connectivity index (χ0v) is 12.9. The predicted molar refractivity (Wildman–Crippen MR) is 78.1 cm³/mol. The molecule has 0 aromatic rings. The van der Waals surface area contributed by atoms with Gasteiger partial charge in [-0.3, -0.25) is 0 Å². The monoisotopic (exact) mass is 306 g/mol. The van der Waals surface area contributed by atoms with E-state index in [0.29, 0.717) is 12.3 Å². The van der Waals surface area contributed by atoms with Crippen LogP contribution in [0.25, 0.3) is 0 Å². The van der Waals surface area contributed by atoms with Gasteiger partial charge in [-0.2, -0.15) is 11.8 Å². The molecule has 1 aliphatic heterocycles. The van der Waals surface area contributed by atoms with E-state index in [-0.39, 0.29) is 12.1 Å². The van der Waals surface area contributed by atoms with E-state index in [9.17, 15) is 13.2 Å². The van der Waals surface area contributed by atoms with Crippen molar-refractivity contribution in [2.45, 2.75) is 43.5 Å². The van der Waals surface area contributed by atoms with Gasteiger partial charge in [0.1, 0.15) is 5.37 Å². The number of rotatable bonds is 2. The fourth-order valence-electron chi connectivity index (χ4n) is 2.67. The summed E-state index contributed by atoms with van der Waals surface area (Å²) in [6, 6.07) is 0.0127. The average molecular weight is 306 g/mol. The van der Waals surface area contributed by atoms with Gasteiger partial charge in [0, 0.05) is 30.3 Å². The Balaban J connectivity index is 1.99. The molecule has 1 saturated heterocycles. The SMILES string of the molecule is CS(=O)(=O)C1CSCCN1C(=O)NC1CCCCC1. The van der Waals surface area contributed by atoms with Crippen molar-refractivity contribution in [1.29, 1.82) is 0 Å². The highest BCUT2D eigenvalue weighted by molar-refractivity contribution is 8.00. The summed E-state index contributed by atoms with van der Waals surface area (Å²) in [6.45, 7) is 0.515. The second kappa shape index (κ2) is 6.35. The molecule has 19 heavy (non-hydrogen) atoms. The van der Waals surface area contributed by atoms with Crippen LogP contribution in [0.15, 0.2) is 0 Å². The summed E-state index contributed by atoms with van der Waals surface area (Å²) in [7, 11) is -3.22. The number of carbonyl (C=O) groups excluding carboxylic acids is 1. The zero-order chi connectivity index (χ0) is 13.9. The Hall–Kier alpha value is -0.430. The average Bonchev–Trinajstić information content (AvgIpc) is 2.39. The highest BCUT2D eigenvalue weighted by Crippen LogP contribution is 2.22. The quantitative estimate of drug-likeness (QED) is 0.838. The lowest BCUT2D eigenvalue weighted by atomic mass is 9.96. The summed E-state index contributed by atoms with van der Waals surface area (Å²) in [5.74, 6) is 1.29. The molecule has 1 N–H and O–H groups in total. The highest BCUT2D eigenvalue weighted by atomic mass is 32.2. The summed E-state index contributed by atoms with van der Waals surface area (Å²) in [6.07, 6.45) is 6.77. The molecular weight excluding hydrogens is 284 g/mol. The largest absolute Gasteiger partial charge is 0.335 e. The molecular formula is C12H22N2O3S2. The van der Waals surface area contributed by atoms with Crippen LogP contribution in [0, 0.1) is 0 Å². The van der Waals surface area contributed by atoms with E-state index in [1.54, 1.807) is 11.8 Å². The van der Waals surface area contributed by atoms with E-state index in [0.717, 1.165) is 31.4 Å². The van der Waals surface area contributed by atoms with E-state index in [4.69, 9.17) is 0 Å². The summed E-state index contributed by atoms with van der Waals surface area (Å²) in [4.78, 5) is 13.8. The maximum atomic E-state index is 12.3. The molecule has 1 atom stereocenters. The van der Waals surface area contributed by atoms with Crippen molar-refractivity contribution in [3.8, 4) is 0 Å². The summed E-state index contributed by atoms with van der Waals surface area (Å²) < 4.78 is 23.5. The van der Waals surface area contributed by atoms with Crippen LogP contribution in [0.1, 0.15) is 32.1 Å². The van der Waals surface area contributed by atoms with Crippen LogP contribution in [0.3, 0.4) is 0 Å². The molecule has 0 radical (unpaired) electrons. The van der Waals surface area contributed by atoms with Crippen molar-refractivity contribution in [3.63, 3.8) is 0 Å². The van der Waals surface area contributed by atoms with Gasteiger partial charge in [0.05, 0.1) is 0 Å². The van der Waals surface area contributed by atoms with Crippen LogP contribution in [0.5, 0.6) is 0 Å². The molecule has 5 nitrogen and oxygen atoms in total. The molecule has 2 rings (SSSR count). The molecule has 0 spiro atoms. The van der Waals surface area contributed by atoms with Crippen molar-refractivity contribution in [2.75, 3.05) is 24.3 Å². The summed E-state index contributed by atoms with van der Waals surface area (Å²) >= 11 is 1.60. The fourth-order valence-corrected chi connectivity index (χ4v) is 5.49. The number of hydrogen-bond donors (Lipinski definition) is 1. The molecule has 2 aliphatic rings. The summed E-state index contributed by atoms with van der Waals surface area (Å²) in [5, 5.41) is 2.33. The topological polar surface area (TPSA) is 66.5 Å². The third-order valence-corrected chi connectivity index (χ3v) is 6.42. The molecule has 0 aromatic heterocycles. The normalized spacial score (nSPS) is 26.2. The van der Waals surface area contributed by atoms with Gasteiger partial charge in [0.15, 0.2) is 9.84 Å². The third kappa shape index (κ3) is 4.02. The molecule has 0 bridgehead atoms. The molecule has 1 unspecified atom stereocenters. The molecule has 2 fully saturated rings. The number of sulfone groups is 1. The van der Waals surface area contributed by atoms with Crippen molar-refractivity contribution < 1.29 is 13.2 Å². The van der Waals surface area contributed by atoms with Crippen LogP contribution in [-0.2, 0) is 9.84 Å². The maximum absolute atomic E-state index is 12.3. The number of urea groups is 1. The van der Waals surface area contributed by atoms with Gasteiger partial charge >= 0.3 is 6.03 Å². The Morgan fingerprint density at radius 2 is 1.95 bits per heavy atom. The van der Waals surface area contributed by atoms with Gasteiger partial charge < -0.3 is 10.2 Å². The van der Waals surface area contributed by atoms with E-state index >= 15 is 0 Å². The first-order chi connectivity index (χ1) is 8.98. The van der Waals surface area contributed by atoms with E-state index in [1.165, 1.54) is 17.6 Å². The minimum absolute atomic E-state index is 0.206. The Morgan fingerprint density at radius 1 is 1.26 bits per heavy atom.